The smallest absolute Gasteiger partial charge is 0.222 e. The Morgan fingerprint density at radius 2 is 1.92 bits per heavy atom. The van der Waals surface area contributed by atoms with Gasteiger partial charge in [0.05, 0.1) is 7.11 Å². The topological polar surface area (TPSA) is 46.6 Å². The zero-order valence-corrected chi connectivity index (χ0v) is 15.2. The van der Waals surface area contributed by atoms with Crippen molar-refractivity contribution < 1.29 is 14.3 Å². The van der Waals surface area contributed by atoms with Crippen molar-refractivity contribution >= 4 is 11.7 Å². The third kappa shape index (κ3) is 4.62. The van der Waals surface area contributed by atoms with Gasteiger partial charge in [0, 0.05) is 31.0 Å². The van der Waals surface area contributed by atoms with Gasteiger partial charge in [-0.25, -0.2) is 0 Å². The minimum atomic E-state index is -0.0869. The van der Waals surface area contributed by atoms with Crippen molar-refractivity contribution in [2.45, 2.75) is 51.4 Å². The van der Waals surface area contributed by atoms with E-state index in [9.17, 15) is 9.59 Å². The van der Waals surface area contributed by atoms with E-state index in [2.05, 4.69) is 0 Å². The molecule has 1 aliphatic carbocycles. The highest BCUT2D eigenvalue weighted by Crippen LogP contribution is 2.28. The standard InChI is InChI=1S/C21H29NO3/c1-25-19-11-5-9-17(14-19)21(24)18-10-6-12-22(15-18)20(23)13-16-7-3-2-4-8-16/h5,9,11,14,16,18H,2-4,6-8,10,12-13,15H2,1H3/t18-/m0/s1. The van der Waals surface area contributed by atoms with E-state index in [0.717, 1.165) is 19.4 Å². The van der Waals surface area contributed by atoms with E-state index in [1.807, 2.05) is 23.1 Å². The maximum absolute atomic E-state index is 12.8. The second-order valence-corrected chi connectivity index (χ2v) is 7.48. The SMILES string of the molecule is COc1cccc(C(=O)[C@H]2CCCN(C(=O)CC3CCCCC3)C2)c1. The molecule has 1 amide bonds. The molecule has 0 unspecified atom stereocenters. The second-order valence-electron chi connectivity index (χ2n) is 7.48. The minimum absolute atomic E-state index is 0.0869. The summed E-state index contributed by atoms with van der Waals surface area (Å²) in [4.78, 5) is 27.4. The largest absolute Gasteiger partial charge is 0.497 e. The van der Waals surface area contributed by atoms with Gasteiger partial charge in [-0.1, -0.05) is 31.4 Å². The predicted octanol–water partition coefficient (Wildman–Crippen LogP) is 4.09. The summed E-state index contributed by atoms with van der Waals surface area (Å²) >= 11 is 0. The molecule has 2 aliphatic rings. The van der Waals surface area contributed by atoms with Crippen molar-refractivity contribution in [1.82, 2.24) is 4.90 Å². The van der Waals surface area contributed by atoms with Gasteiger partial charge < -0.3 is 9.64 Å². The number of carbonyl (C=O) groups excluding carboxylic acids is 2. The van der Waals surface area contributed by atoms with Crippen LogP contribution in [0.15, 0.2) is 24.3 Å². The zero-order chi connectivity index (χ0) is 17.6. The first-order valence-electron chi connectivity index (χ1n) is 9.63. The summed E-state index contributed by atoms with van der Waals surface area (Å²) in [5.41, 5.74) is 0.686. The summed E-state index contributed by atoms with van der Waals surface area (Å²) < 4.78 is 5.22. The number of nitrogens with zero attached hydrogens (tertiary/aromatic N) is 1. The van der Waals surface area contributed by atoms with Gasteiger partial charge in [-0.15, -0.1) is 0 Å². The Balaban J connectivity index is 1.59. The van der Waals surface area contributed by atoms with Crippen LogP contribution in [0.4, 0.5) is 0 Å². The number of ether oxygens (including phenoxy) is 1. The molecule has 4 heteroatoms. The van der Waals surface area contributed by atoms with Crippen molar-refractivity contribution in [3.63, 3.8) is 0 Å². The van der Waals surface area contributed by atoms with E-state index >= 15 is 0 Å². The van der Waals surface area contributed by atoms with Gasteiger partial charge in [-0.3, -0.25) is 9.59 Å². The number of piperidine rings is 1. The Morgan fingerprint density at radius 3 is 2.68 bits per heavy atom. The second kappa shape index (κ2) is 8.50. The van der Waals surface area contributed by atoms with Gasteiger partial charge in [0.25, 0.3) is 0 Å². The van der Waals surface area contributed by atoms with Crippen LogP contribution >= 0.6 is 0 Å². The molecule has 25 heavy (non-hydrogen) atoms. The highest BCUT2D eigenvalue weighted by molar-refractivity contribution is 5.98. The lowest BCUT2D eigenvalue weighted by atomic mass is 9.85. The highest BCUT2D eigenvalue weighted by atomic mass is 16.5. The van der Waals surface area contributed by atoms with Crippen molar-refractivity contribution in [2.75, 3.05) is 20.2 Å². The van der Waals surface area contributed by atoms with Crippen molar-refractivity contribution in [1.29, 1.82) is 0 Å². The molecule has 0 radical (unpaired) electrons. The molecule has 136 valence electrons. The molecule has 1 saturated heterocycles. The van der Waals surface area contributed by atoms with Crippen LogP contribution in [0.5, 0.6) is 5.75 Å². The molecule has 0 aromatic heterocycles. The number of carbonyl (C=O) groups is 2. The average molecular weight is 343 g/mol. The highest BCUT2D eigenvalue weighted by Gasteiger charge is 2.30. The molecule has 4 nitrogen and oxygen atoms in total. The number of ketones is 1. The summed E-state index contributed by atoms with van der Waals surface area (Å²) in [5, 5.41) is 0. The van der Waals surface area contributed by atoms with E-state index in [-0.39, 0.29) is 17.6 Å². The van der Waals surface area contributed by atoms with Gasteiger partial charge in [-0.05, 0) is 43.7 Å². The van der Waals surface area contributed by atoms with Crippen molar-refractivity contribution in [3.05, 3.63) is 29.8 Å². The monoisotopic (exact) mass is 343 g/mol. The summed E-state index contributed by atoms with van der Waals surface area (Å²) in [6, 6.07) is 7.33. The first kappa shape index (κ1) is 18.0. The quantitative estimate of drug-likeness (QED) is 0.757. The maximum Gasteiger partial charge on any atom is 0.222 e. The van der Waals surface area contributed by atoms with E-state index < -0.39 is 0 Å². The van der Waals surface area contributed by atoms with Gasteiger partial charge in [0.15, 0.2) is 5.78 Å². The first-order chi connectivity index (χ1) is 12.2. The van der Waals surface area contributed by atoms with Crippen LogP contribution in [0.1, 0.15) is 61.7 Å². The summed E-state index contributed by atoms with van der Waals surface area (Å²) in [5.74, 6) is 1.54. The summed E-state index contributed by atoms with van der Waals surface area (Å²) in [7, 11) is 1.61. The molecule has 1 aromatic rings. The molecule has 0 N–H and O–H groups in total. The number of rotatable bonds is 5. The molecule has 2 fully saturated rings. The fraction of sp³-hybridized carbons (Fsp3) is 0.619. The Hall–Kier alpha value is -1.84. The third-order valence-electron chi connectivity index (χ3n) is 5.69. The molecule has 3 rings (SSSR count). The molecule has 1 aliphatic heterocycles. The predicted molar refractivity (Wildman–Crippen MR) is 97.8 cm³/mol. The minimum Gasteiger partial charge on any atom is -0.497 e. The van der Waals surface area contributed by atoms with Crippen LogP contribution < -0.4 is 4.74 Å². The number of hydrogen-bond acceptors (Lipinski definition) is 3. The van der Waals surface area contributed by atoms with E-state index in [1.54, 1.807) is 13.2 Å². The van der Waals surface area contributed by atoms with Gasteiger partial charge >= 0.3 is 0 Å². The fourth-order valence-electron chi connectivity index (χ4n) is 4.20. The summed E-state index contributed by atoms with van der Waals surface area (Å²) in [6.45, 7) is 1.37. The van der Waals surface area contributed by atoms with Gasteiger partial charge in [-0.2, -0.15) is 0 Å². The average Bonchev–Trinajstić information content (AvgIpc) is 2.68. The molecule has 1 atom stereocenters. The normalized spacial score (nSPS) is 21.8. The number of hydrogen-bond donors (Lipinski definition) is 0. The number of methoxy groups -OCH3 is 1. The number of benzene rings is 1. The van der Waals surface area contributed by atoms with Crippen molar-refractivity contribution in [2.24, 2.45) is 11.8 Å². The van der Waals surface area contributed by atoms with E-state index in [0.29, 0.717) is 30.2 Å². The van der Waals surface area contributed by atoms with Crippen LogP contribution in [0.25, 0.3) is 0 Å². The van der Waals surface area contributed by atoms with Crippen LogP contribution in [-0.4, -0.2) is 36.8 Å². The van der Waals surface area contributed by atoms with Crippen LogP contribution in [0, 0.1) is 11.8 Å². The Labute approximate surface area is 150 Å². The zero-order valence-electron chi connectivity index (χ0n) is 15.2. The lowest BCUT2D eigenvalue weighted by Gasteiger charge is -2.33. The fourth-order valence-corrected chi connectivity index (χ4v) is 4.20. The van der Waals surface area contributed by atoms with E-state index in [1.165, 1.54) is 32.1 Å². The molecule has 1 aromatic carbocycles. The Bertz CT molecular complexity index is 607. The number of likely N-dealkylation sites (tertiary alicyclic amines) is 1. The third-order valence-corrected chi connectivity index (χ3v) is 5.69. The molecule has 1 saturated carbocycles. The number of amides is 1. The summed E-state index contributed by atoms with van der Waals surface area (Å²) in [6.07, 6.45) is 8.65. The molecule has 1 heterocycles. The van der Waals surface area contributed by atoms with Crippen LogP contribution in [0.2, 0.25) is 0 Å². The Kier molecular flexibility index (Phi) is 6.11. The van der Waals surface area contributed by atoms with Crippen LogP contribution in [-0.2, 0) is 4.79 Å². The van der Waals surface area contributed by atoms with Crippen molar-refractivity contribution in [3.8, 4) is 5.75 Å². The molecule has 0 bridgehead atoms. The molecular formula is C21H29NO3. The first-order valence-corrected chi connectivity index (χ1v) is 9.63. The molecule has 0 spiro atoms. The lowest BCUT2D eigenvalue weighted by molar-refractivity contribution is -0.133. The van der Waals surface area contributed by atoms with Crippen LogP contribution in [0.3, 0.4) is 0 Å². The maximum atomic E-state index is 12.8. The lowest BCUT2D eigenvalue weighted by Crippen LogP contribution is -2.43. The number of Topliss-reactive ketones (excluding diaryl/α,β-unsaturated/α-hetero) is 1. The van der Waals surface area contributed by atoms with E-state index in [4.69, 9.17) is 4.74 Å². The molecular weight excluding hydrogens is 314 g/mol. The Morgan fingerprint density at radius 1 is 1.12 bits per heavy atom. The van der Waals surface area contributed by atoms with Gasteiger partial charge in [0.1, 0.15) is 5.75 Å². The van der Waals surface area contributed by atoms with Gasteiger partial charge in [0.2, 0.25) is 5.91 Å².